The molecular formula is C82H113F3O13. The molecule has 4 saturated heterocycles. The van der Waals surface area contributed by atoms with Gasteiger partial charge in [-0.25, -0.2) is 0 Å². The lowest BCUT2D eigenvalue weighted by Gasteiger charge is -2.08. The van der Waals surface area contributed by atoms with Crippen LogP contribution < -0.4 is 4.74 Å². The van der Waals surface area contributed by atoms with Gasteiger partial charge in [0, 0.05) is 25.7 Å². The van der Waals surface area contributed by atoms with E-state index < -0.39 is 35.6 Å². The van der Waals surface area contributed by atoms with Crippen molar-refractivity contribution >= 4 is 23.9 Å². The van der Waals surface area contributed by atoms with Crippen molar-refractivity contribution in [2.45, 2.75) is 261 Å². The third-order valence-corrected chi connectivity index (χ3v) is 15.8. The summed E-state index contributed by atoms with van der Waals surface area (Å²) in [5, 5.41) is 34.1. The minimum Gasteiger partial charge on any atom is -0.490 e. The molecule has 4 heterocycles. The lowest BCUT2D eigenvalue weighted by atomic mass is 10.1. The van der Waals surface area contributed by atoms with Crippen molar-refractivity contribution in [1.82, 2.24) is 0 Å². The van der Waals surface area contributed by atoms with Gasteiger partial charge in [0.2, 0.25) is 0 Å². The van der Waals surface area contributed by atoms with E-state index in [0.717, 1.165) is 141 Å². The molecule has 540 valence electrons. The van der Waals surface area contributed by atoms with Gasteiger partial charge in [-0.2, -0.15) is 13.2 Å². The highest BCUT2D eigenvalue weighted by Gasteiger charge is 2.38. The average Bonchev–Trinajstić information content (AvgIpc) is 1.56. The highest BCUT2D eigenvalue weighted by Crippen LogP contribution is 2.33. The van der Waals surface area contributed by atoms with E-state index in [0.29, 0.717) is 49.5 Å². The van der Waals surface area contributed by atoms with E-state index in [1.807, 2.05) is 25.2 Å². The van der Waals surface area contributed by atoms with Crippen LogP contribution in [0.25, 0.3) is 0 Å². The van der Waals surface area contributed by atoms with Crippen LogP contribution >= 0.6 is 0 Å². The number of benzene rings is 2. The van der Waals surface area contributed by atoms with E-state index in [1.54, 1.807) is 6.08 Å². The second-order valence-corrected chi connectivity index (χ2v) is 24.4. The van der Waals surface area contributed by atoms with Gasteiger partial charge in [-0.05, 0) is 185 Å². The maximum absolute atomic E-state index is 12.7. The lowest BCUT2D eigenvalue weighted by molar-refractivity contribution is -0.138. The number of hydrogen-bond donors (Lipinski definition) is 4. The second kappa shape index (κ2) is 55.5. The minimum atomic E-state index is -4.37. The van der Waals surface area contributed by atoms with Crippen LogP contribution in [-0.4, -0.2) is 99.7 Å². The summed E-state index contributed by atoms with van der Waals surface area (Å²) in [6.45, 7) is 4.46. The molecule has 0 aromatic heterocycles. The van der Waals surface area contributed by atoms with Crippen LogP contribution in [0.2, 0.25) is 0 Å². The number of halogens is 3. The number of carboxylic acids is 4. The van der Waals surface area contributed by atoms with Crippen molar-refractivity contribution in [3.8, 4) is 5.75 Å². The average molecular weight is 1360 g/mol. The SMILES string of the molecule is C/C=C\C[C@@H]1O[C@@H]1C/C=C\C/C=C\CCCC(=O)O.CCCCC/C=C\C[C@@H]1O[C@@H]1C/C=C\C/C=C\CCCC(=O)O.O=C(O)CCC/C=C\C/C=C\C[C@H]1O[C@H]1C/C=C\CCc1ccccc1.O=C(O)CCC/C=C\C/C=C\C[C@H]1O[C@H]1C/C=C\COc1cccc(C(F)(F)F)c1. The zero-order valence-electron chi connectivity index (χ0n) is 58.2. The summed E-state index contributed by atoms with van der Waals surface area (Å²) in [4.78, 5) is 41.4. The topological polar surface area (TPSA) is 209 Å². The Morgan fingerprint density at radius 3 is 1.08 bits per heavy atom. The summed E-state index contributed by atoms with van der Waals surface area (Å²) in [7, 11) is 0. The molecule has 0 aliphatic carbocycles. The molecule has 0 bridgehead atoms. The predicted octanol–water partition coefficient (Wildman–Crippen LogP) is 20.7. The first-order chi connectivity index (χ1) is 47.6. The molecule has 2 aromatic carbocycles. The molecule has 0 unspecified atom stereocenters. The zero-order valence-corrected chi connectivity index (χ0v) is 58.2. The summed E-state index contributed by atoms with van der Waals surface area (Å²) in [5.74, 6) is -2.72. The van der Waals surface area contributed by atoms with E-state index in [1.165, 1.54) is 43.4 Å². The van der Waals surface area contributed by atoms with E-state index in [9.17, 15) is 32.3 Å². The number of carbonyl (C=O) groups is 4. The lowest BCUT2D eigenvalue weighted by Crippen LogP contribution is -2.05. The van der Waals surface area contributed by atoms with Crippen molar-refractivity contribution in [2.24, 2.45) is 0 Å². The molecule has 2 aromatic rings. The van der Waals surface area contributed by atoms with Crippen LogP contribution in [0.5, 0.6) is 5.75 Å². The molecule has 13 nitrogen and oxygen atoms in total. The van der Waals surface area contributed by atoms with E-state index in [4.69, 9.17) is 44.1 Å². The van der Waals surface area contributed by atoms with Gasteiger partial charge < -0.3 is 44.1 Å². The molecule has 0 amide bonds. The molecule has 16 heteroatoms. The molecule has 8 atom stereocenters. The van der Waals surface area contributed by atoms with Gasteiger partial charge in [0.15, 0.2) is 0 Å². The van der Waals surface area contributed by atoms with Crippen molar-refractivity contribution < 1.29 is 76.5 Å². The summed E-state index contributed by atoms with van der Waals surface area (Å²) >= 11 is 0. The first kappa shape index (κ1) is 84.9. The molecule has 98 heavy (non-hydrogen) atoms. The summed E-state index contributed by atoms with van der Waals surface area (Å²) in [6, 6.07) is 15.4. The maximum atomic E-state index is 12.7. The largest absolute Gasteiger partial charge is 0.490 e. The third kappa shape index (κ3) is 50.0. The Morgan fingerprint density at radius 1 is 0.398 bits per heavy atom. The Labute approximate surface area is 583 Å². The van der Waals surface area contributed by atoms with Crippen molar-refractivity contribution in [3.63, 3.8) is 0 Å². The molecule has 4 fully saturated rings. The number of epoxide rings is 4. The molecular weight excluding hydrogens is 1250 g/mol. The van der Waals surface area contributed by atoms with Gasteiger partial charge in [-0.1, -0.05) is 202 Å². The predicted molar refractivity (Wildman–Crippen MR) is 387 cm³/mol. The quantitative estimate of drug-likeness (QED) is 0.0276. The summed E-state index contributed by atoms with van der Waals surface area (Å²) in [6.07, 6.45) is 74.6. The van der Waals surface area contributed by atoms with Crippen LogP contribution in [0.1, 0.15) is 211 Å². The van der Waals surface area contributed by atoms with Crippen LogP contribution in [-0.2, 0) is 50.7 Å². The molecule has 4 aliphatic rings. The van der Waals surface area contributed by atoms with Gasteiger partial charge in [0.1, 0.15) is 12.4 Å². The zero-order chi connectivity index (χ0) is 71.0. The smallest absolute Gasteiger partial charge is 0.416 e. The number of hydrogen-bond acceptors (Lipinski definition) is 9. The molecule has 4 N–H and O–H groups in total. The molecule has 0 saturated carbocycles. The monoisotopic (exact) mass is 1360 g/mol. The molecule has 0 spiro atoms. The number of rotatable bonds is 50. The summed E-state index contributed by atoms with van der Waals surface area (Å²) < 4.78 is 65.7. The highest BCUT2D eigenvalue weighted by atomic mass is 19.4. The standard InChI is InChI=1S/C23H27F3O4.C23H30O3.C20H32O3.C16H24O3/c24-23(25,26)18-11-10-12-19(17-18)29-16-9-8-14-21-20(30-21)13-6-4-2-1-3-5-7-15-22(27)28;24-23(25)19-13-5-3-1-2-4-11-17-21-22(26-21)18-12-7-10-16-20-14-8-6-9-15-20;1-2-3-4-5-9-12-15-18-19(23-18)16-13-10-7-6-8-11-14-17-20(21)22;1-2-3-11-14-15(19-14)12-9-7-5-4-6-8-10-13-16(17)18/h1,3-4,6,8-12,17,20-21H,2,5,7,13-16H2,(H,27,28);1,3-4,6-9,11-12,14-15,21-22H,2,5,10,13,16-19H2,(H,24,25);6,8-10,12-13,18-19H,2-5,7,11,14-17H2,1H3,(H,21,22);2-4,6-7,9,14-15H,5,8,10-13H2,1H3,(H,17,18)/b3-1-,6-4-,9-8-;3-1-,11-4-,12-7-;8-6-,12-9-,13-10-;3-2-,6-4-,9-7-/t20-,21+;21-,22+;18-,19+;14-,15+/m1100/s1. The van der Waals surface area contributed by atoms with Gasteiger partial charge in [-0.3, -0.25) is 19.2 Å². The molecule has 4 aliphatic heterocycles. The van der Waals surface area contributed by atoms with Gasteiger partial charge in [0.05, 0.1) is 54.4 Å². The second-order valence-electron chi connectivity index (χ2n) is 24.4. The Kier molecular flexibility index (Phi) is 48.1. The number of allylic oxidation sites excluding steroid dienone is 15. The molecule has 6 rings (SSSR count). The van der Waals surface area contributed by atoms with E-state index in [-0.39, 0.29) is 50.2 Å². The summed E-state index contributed by atoms with van der Waals surface area (Å²) in [5.41, 5.74) is 0.665. The fourth-order valence-electron chi connectivity index (χ4n) is 9.92. The maximum Gasteiger partial charge on any atom is 0.416 e. The normalized spacial score (nSPS) is 20.4. The van der Waals surface area contributed by atoms with Crippen molar-refractivity contribution in [1.29, 1.82) is 0 Å². The van der Waals surface area contributed by atoms with E-state index >= 15 is 0 Å². The van der Waals surface area contributed by atoms with Crippen LogP contribution in [0, 0.1) is 0 Å². The van der Waals surface area contributed by atoms with E-state index in [2.05, 4.69) is 159 Å². The number of carboxylic acid groups (broad SMARTS) is 4. The highest BCUT2D eigenvalue weighted by molar-refractivity contribution is 5.67. The Hall–Kier alpha value is -7.37. The Balaban J connectivity index is 0.000000345. The molecule has 0 radical (unpaired) electrons. The first-order valence-electron chi connectivity index (χ1n) is 35.7. The fourth-order valence-corrected chi connectivity index (χ4v) is 9.92. The van der Waals surface area contributed by atoms with Crippen LogP contribution in [0.3, 0.4) is 0 Å². The number of ether oxygens (including phenoxy) is 5. The third-order valence-electron chi connectivity index (χ3n) is 15.8. The van der Waals surface area contributed by atoms with Gasteiger partial charge in [0.25, 0.3) is 0 Å². The number of aliphatic carboxylic acids is 4. The van der Waals surface area contributed by atoms with Crippen LogP contribution in [0.4, 0.5) is 13.2 Å². The number of unbranched alkanes of at least 4 members (excludes halogenated alkanes) is 7. The van der Waals surface area contributed by atoms with Crippen molar-refractivity contribution in [2.75, 3.05) is 6.61 Å². The number of aryl methyl sites for hydroxylation is 1. The van der Waals surface area contributed by atoms with Crippen molar-refractivity contribution in [3.05, 3.63) is 212 Å². The van der Waals surface area contributed by atoms with Crippen LogP contribution in [0.15, 0.2) is 200 Å². The Morgan fingerprint density at radius 2 is 0.724 bits per heavy atom. The minimum absolute atomic E-state index is 0.172. The fraction of sp³-hybridized carbons (Fsp3) is 0.512. The Bertz CT molecular complexity index is 2840. The van der Waals surface area contributed by atoms with Gasteiger partial charge in [-0.15, -0.1) is 0 Å². The first-order valence-corrected chi connectivity index (χ1v) is 35.7. The number of alkyl halides is 3. The van der Waals surface area contributed by atoms with Gasteiger partial charge >= 0.3 is 30.1 Å².